The SMILES string of the molecule is COc1ccc(CC(=O)NC(C)C(=O)N[C@H]2N=C(c3ccccc3)c3ccccc3N(C)C2=O)cc1. The van der Waals surface area contributed by atoms with E-state index in [1.165, 1.54) is 4.90 Å². The molecule has 0 saturated heterocycles. The van der Waals surface area contributed by atoms with Crippen LogP contribution in [0.4, 0.5) is 5.69 Å². The Bertz CT molecular complexity index is 1290. The first kappa shape index (κ1) is 24.7. The van der Waals surface area contributed by atoms with Crippen LogP contribution in [0.15, 0.2) is 83.9 Å². The van der Waals surface area contributed by atoms with Crippen molar-refractivity contribution in [2.24, 2.45) is 4.99 Å². The smallest absolute Gasteiger partial charge is 0.272 e. The zero-order chi connectivity index (χ0) is 25.7. The van der Waals surface area contributed by atoms with Crippen LogP contribution in [0.3, 0.4) is 0 Å². The Morgan fingerprint density at radius 3 is 2.36 bits per heavy atom. The highest BCUT2D eigenvalue weighted by molar-refractivity contribution is 6.20. The van der Waals surface area contributed by atoms with Crippen LogP contribution in [-0.4, -0.2) is 49.8 Å². The fourth-order valence-electron chi connectivity index (χ4n) is 3.99. The monoisotopic (exact) mass is 484 g/mol. The van der Waals surface area contributed by atoms with E-state index in [0.717, 1.165) is 16.7 Å². The molecule has 0 spiro atoms. The maximum atomic E-state index is 13.3. The summed E-state index contributed by atoms with van der Waals surface area (Å²) in [6.07, 6.45) is -1.04. The molecule has 2 N–H and O–H groups in total. The van der Waals surface area contributed by atoms with Crippen LogP contribution in [0.25, 0.3) is 0 Å². The maximum Gasteiger partial charge on any atom is 0.272 e. The third kappa shape index (κ3) is 5.43. The molecule has 0 bridgehead atoms. The first-order valence-electron chi connectivity index (χ1n) is 11.6. The minimum Gasteiger partial charge on any atom is -0.497 e. The van der Waals surface area contributed by atoms with Crippen molar-refractivity contribution in [2.75, 3.05) is 19.1 Å². The van der Waals surface area contributed by atoms with E-state index in [2.05, 4.69) is 15.6 Å². The number of amides is 3. The minimum absolute atomic E-state index is 0.109. The molecule has 3 aromatic rings. The molecule has 1 aliphatic heterocycles. The molecule has 4 rings (SSSR count). The highest BCUT2D eigenvalue weighted by Gasteiger charge is 2.32. The number of nitrogens with one attached hydrogen (secondary N) is 2. The van der Waals surface area contributed by atoms with Gasteiger partial charge in [0.05, 0.1) is 24.9 Å². The second-order valence-corrected chi connectivity index (χ2v) is 8.48. The molecule has 0 saturated carbocycles. The number of hydrogen-bond donors (Lipinski definition) is 2. The van der Waals surface area contributed by atoms with Crippen LogP contribution >= 0.6 is 0 Å². The third-order valence-corrected chi connectivity index (χ3v) is 5.96. The molecule has 0 aromatic heterocycles. The summed E-state index contributed by atoms with van der Waals surface area (Å²) in [4.78, 5) is 44.9. The fraction of sp³-hybridized carbons (Fsp3) is 0.214. The number of benzene rings is 3. The summed E-state index contributed by atoms with van der Waals surface area (Å²) in [5, 5.41) is 5.40. The number of carbonyl (C=O) groups excluding carboxylic acids is 3. The standard InChI is InChI=1S/C28H28N4O4/c1-18(29-24(33)17-19-13-15-21(36-3)16-14-19)27(34)31-26-28(35)32(2)23-12-8-7-11-22(23)25(30-26)20-9-5-4-6-10-20/h4-16,18,26H,17H2,1-3H3,(H,29,33)(H,31,34)/t18?,26-/m1/s1. The van der Waals surface area contributed by atoms with E-state index in [1.807, 2.05) is 54.6 Å². The number of benzodiazepines with no additional fused rings is 1. The topological polar surface area (TPSA) is 100 Å². The van der Waals surface area contributed by atoms with Crippen LogP contribution in [0.2, 0.25) is 0 Å². The number of methoxy groups -OCH3 is 1. The first-order valence-corrected chi connectivity index (χ1v) is 11.6. The van der Waals surface area contributed by atoms with Gasteiger partial charge < -0.3 is 20.3 Å². The third-order valence-electron chi connectivity index (χ3n) is 5.96. The molecular formula is C28H28N4O4. The lowest BCUT2D eigenvalue weighted by Crippen LogP contribution is -2.52. The summed E-state index contributed by atoms with van der Waals surface area (Å²) in [7, 11) is 3.23. The number of nitrogens with zero attached hydrogens (tertiary/aromatic N) is 2. The Morgan fingerprint density at radius 2 is 1.67 bits per heavy atom. The number of fused-ring (bicyclic) bond motifs is 1. The van der Waals surface area contributed by atoms with Crippen molar-refractivity contribution in [3.05, 3.63) is 95.6 Å². The average Bonchev–Trinajstić information content (AvgIpc) is 3.00. The summed E-state index contributed by atoms with van der Waals surface area (Å²) in [5.41, 5.74) is 3.70. The van der Waals surface area contributed by atoms with Gasteiger partial charge >= 0.3 is 0 Å². The van der Waals surface area contributed by atoms with Crippen LogP contribution in [0.1, 0.15) is 23.6 Å². The molecule has 36 heavy (non-hydrogen) atoms. The van der Waals surface area contributed by atoms with Crippen molar-refractivity contribution in [3.63, 3.8) is 0 Å². The van der Waals surface area contributed by atoms with Gasteiger partial charge in [0, 0.05) is 18.2 Å². The van der Waals surface area contributed by atoms with Gasteiger partial charge in [-0.05, 0) is 30.7 Å². The van der Waals surface area contributed by atoms with Gasteiger partial charge in [-0.1, -0.05) is 60.7 Å². The molecule has 8 heteroatoms. The van der Waals surface area contributed by atoms with Gasteiger partial charge in [-0.15, -0.1) is 0 Å². The zero-order valence-electron chi connectivity index (χ0n) is 20.4. The lowest BCUT2D eigenvalue weighted by Gasteiger charge is -2.22. The second-order valence-electron chi connectivity index (χ2n) is 8.48. The Hall–Kier alpha value is -4.46. The van der Waals surface area contributed by atoms with E-state index in [4.69, 9.17) is 4.74 Å². The van der Waals surface area contributed by atoms with Gasteiger partial charge in [-0.2, -0.15) is 0 Å². The summed E-state index contributed by atoms with van der Waals surface area (Å²) in [6, 6.07) is 23.2. The quantitative estimate of drug-likeness (QED) is 0.539. The lowest BCUT2D eigenvalue weighted by atomic mass is 10.0. The van der Waals surface area contributed by atoms with E-state index >= 15 is 0 Å². The minimum atomic E-state index is -1.15. The van der Waals surface area contributed by atoms with Gasteiger partial charge in [-0.3, -0.25) is 14.4 Å². The Kier molecular flexibility index (Phi) is 7.44. The van der Waals surface area contributed by atoms with Gasteiger partial charge in [0.25, 0.3) is 5.91 Å². The Labute approximate surface area is 210 Å². The summed E-state index contributed by atoms with van der Waals surface area (Å²) < 4.78 is 5.13. The van der Waals surface area contributed by atoms with Crippen LogP contribution in [0.5, 0.6) is 5.75 Å². The predicted octanol–water partition coefficient (Wildman–Crippen LogP) is 2.70. The molecule has 0 aliphatic carbocycles. The number of ether oxygens (including phenoxy) is 1. The number of hydrogen-bond acceptors (Lipinski definition) is 5. The molecular weight excluding hydrogens is 456 g/mol. The molecule has 1 aliphatic rings. The van der Waals surface area contributed by atoms with E-state index in [1.54, 1.807) is 45.3 Å². The number of anilines is 1. The zero-order valence-corrected chi connectivity index (χ0v) is 20.4. The van der Waals surface area contributed by atoms with Crippen molar-refractivity contribution in [1.29, 1.82) is 0 Å². The van der Waals surface area contributed by atoms with Crippen molar-refractivity contribution in [2.45, 2.75) is 25.6 Å². The predicted molar refractivity (Wildman–Crippen MR) is 138 cm³/mol. The Morgan fingerprint density at radius 1 is 1.00 bits per heavy atom. The van der Waals surface area contributed by atoms with Crippen LogP contribution in [-0.2, 0) is 20.8 Å². The van der Waals surface area contributed by atoms with Crippen LogP contribution in [0, 0.1) is 0 Å². The molecule has 3 amide bonds. The van der Waals surface area contributed by atoms with Gasteiger partial charge in [0.1, 0.15) is 11.8 Å². The number of aliphatic imine (C=N–C) groups is 1. The largest absolute Gasteiger partial charge is 0.497 e. The lowest BCUT2D eigenvalue weighted by molar-refractivity contribution is -0.130. The first-order chi connectivity index (χ1) is 17.4. The fourth-order valence-corrected chi connectivity index (χ4v) is 3.99. The van der Waals surface area contributed by atoms with Crippen molar-refractivity contribution in [1.82, 2.24) is 10.6 Å². The van der Waals surface area contributed by atoms with Gasteiger partial charge in [0.2, 0.25) is 18.0 Å². The maximum absolute atomic E-state index is 13.3. The molecule has 2 atom stereocenters. The van der Waals surface area contributed by atoms with E-state index in [-0.39, 0.29) is 18.2 Å². The second kappa shape index (κ2) is 10.9. The highest BCUT2D eigenvalue weighted by atomic mass is 16.5. The molecule has 0 fully saturated rings. The summed E-state index contributed by atoms with van der Waals surface area (Å²) in [6.45, 7) is 1.57. The highest BCUT2D eigenvalue weighted by Crippen LogP contribution is 2.27. The molecule has 0 radical (unpaired) electrons. The molecule has 3 aromatic carbocycles. The van der Waals surface area contributed by atoms with Gasteiger partial charge in [-0.25, -0.2) is 4.99 Å². The molecule has 8 nitrogen and oxygen atoms in total. The van der Waals surface area contributed by atoms with Crippen molar-refractivity contribution < 1.29 is 19.1 Å². The molecule has 184 valence electrons. The van der Waals surface area contributed by atoms with Crippen LogP contribution < -0.4 is 20.3 Å². The van der Waals surface area contributed by atoms with Crippen molar-refractivity contribution >= 4 is 29.1 Å². The van der Waals surface area contributed by atoms with E-state index in [0.29, 0.717) is 17.1 Å². The summed E-state index contributed by atoms with van der Waals surface area (Å²) >= 11 is 0. The number of likely N-dealkylation sites (N-methyl/N-ethyl adjacent to an activating group) is 1. The normalized spacial score (nSPS) is 15.8. The van der Waals surface area contributed by atoms with Crippen molar-refractivity contribution in [3.8, 4) is 5.75 Å². The van der Waals surface area contributed by atoms with Gasteiger partial charge in [0.15, 0.2) is 0 Å². The van der Waals surface area contributed by atoms with E-state index in [9.17, 15) is 14.4 Å². The average molecular weight is 485 g/mol. The Balaban J connectivity index is 1.51. The number of rotatable bonds is 7. The number of carbonyl (C=O) groups is 3. The van der Waals surface area contributed by atoms with E-state index < -0.39 is 18.1 Å². The number of para-hydroxylation sites is 1. The molecule has 1 unspecified atom stereocenters. The summed E-state index contributed by atoms with van der Waals surface area (Å²) in [5.74, 6) is -0.499. The molecule has 1 heterocycles.